The summed E-state index contributed by atoms with van der Waals surface area (Å²) >= 11 is 28.9. The van der Waals surface area contributed by atoms with E-state index in [4.69, 9.17) is 103 Å². The number of carbonyl (C=O) groups is 3. The highest BCUT2D eigenvalue weighted by Crippen LogP contribution is 2.43. The van der Waals surface area contributed by atoms with Gasteiger partial charge in [0, 0.05) is 50.2 Å². The number of ether oxygens (including phenoxy) is 10. The molecular weight excluding hydrogens is 1820 g/mol. The Labute approximate surface area is 783 Å². The average molecular weight is 1950 g/mol. The fourth-order valence-electron chi connectivity index (χ4n) is 15.5. The Balaban J connectivity index is 0.000000201. The van der Waals surface area contributed by atoms with Crippen LogP contribution in [0.25, 0.3) is 0 Å². The molecule has 4 aliphatic heterocycles. The molecule has 0 aliphatic carbocycles. The minimum absolute atomic E-state index is 0.0645. The molecule has 23 nitrogen and oxygen atoms in total. The lowest BCUT2D eigenvalue weighted by atomic mass is 9.84. The van der Waals surface area contributed by atoms with Crippen LogP contribution in [-0.4, -0.2) is 200 Å². The average Bonchev–Trinajstić information content (AvgIpc) is 0.780. The highest BCUT2D eigenvalue weighted by molar-refractivity contribution is 9.10. The maximum absolute atomic E-state index is 12.3. The van der Waals surface area contributed by atoms with Crippen molar-refractivity contribution < 1.29 is 111 Å². The summed E-state index contributed by atoms with van der Waals surface area (Å²) in [4.78, 5) is 36.1. The molecule has 0 saturated carbocycles. The third kappa shape index (κ3) is 31.0. The van der Waals surface area contributed by atoms with E-state index in [1.807, 2.05) is 176 Å². The zero-order chi connectivity index (χ0) is 94.0. The Bertz CT molecular complexity index is 4640. The first-order valence-corrected chi connectivity index (χ1v) is 52.7. The quantitative estimate of drug-likeness (QED) is 0.0123. The van der Waals surface area contributed by atoms with Crippen LogP contribution in [0.3, 0.4) is 0 Å². The van der Waals surface area contributed by atoms with Gasteiger partial charge in [0.25, 0.3) is 0 Å². The summed E-state index contributed by atoms with van der Waals surface area (Å²) in [5.41, 5.74) is 10.1. The molecule has 700 valence electrons. The molecule has 12 rings (SSSR count). The van der Waals surface area contributed by atoms with E-state index in [-0.39, 0.29) is 36.1 Å². The highest BCUT2D eigenvalue weighted by Gasteiger charge is 2.51. The van der Waals surface area contributed by atoms with Gasteiger partial charge in [0.1, 0.15) is 102 Å². The van der Waals surface area contributed by atoms with Crippen LogP contribution in [0.1, 0.15) is 162 Å². The molecular formula is C98H127BrCl4O23Si2. The molecule has 0 spiro atoms. The first kappa shape index (κ1) is 106. The molecule has 0 unspecified atom stereocenters. The van der Waals surface area contributed by atoms with Crippen molar-refractivity contribution in [2.75, 3.05) is 39.6 Å². The second-order valence-corrected chi connectivity index (χ2v) is 45.4. The Morgan fingerprint density at radius 1 is 0.383 bits per heavy atom. The van der Waals surface area contributed by atoms with Crippen LogP contribution in [-0.2, 0) is 77.3 Å². The van der Waals surface area contributed by atoms with Crippen LogP contribution in [0.5, 0.6) is 23.0 Å². The molecule has 8 aromatic rings. The van der Waals surface area contributed by atoms with Crippen LogP contribution in [0, 0.1) is 11.8 Å². The number of aliphatic hydroxyl groups excluding tert-OH is 8. The van der Waals surface area contributed by atoms with Crippen LogP contribution in [0.4, 0.5) is 0 Å². The molecule has 4 fully saturated rings. The first-order valence-electron chi connectivity index (χ1n) is 43.6. The lowest BCUT2D eigenvalue weighted by molar-refractivity contribution is -0.231. The molecule has 19 atom stereocenters. The molecule has 0 amide bonds. The molecule has 4 aliphatic rings. The predicted molar refractivity (Wildman–Crippen MR) is 505 cm³/mol. The number of benzene rings is 8. The third-order valence-electron chi connectivity index (χ3n) is 21.8. The highest BCUT2D eigenvalue weighted by atomic mass is 79.9. The van der Waals surface area contributed by atoms with E-state index < -0.39 is 127 Å². The molecule has 8 N–H and O–H groups in total. The molecule has 4 saturated heterocycles. The number of rotatable bonds is 29. The largest absolute Gasteiger partial charge is 0.494 e. The van der Waals surface area contributed by atoms with E-state index >= 15 is 0 Å². The molecule has 4 heterocycles. The van der Waals surface area contributed by atoms with Gasteiger partial charge in [-0.15, -0.1) is 0 Å². The summed E-state index contributed by atoms with van der Waals surface area (Å²) in [6.07, 6.45) is -10.7. The fraction of sp³-hybridized carbons (Fsp3) is 0.480. The molecule has 128 heavy (non-hydrogen) atoms. The van der Waals surface area contributed by atoms with Crippen molar-refractivity contribution in [3.63, 3.8) is 0 Å². The summed E-state index contributed by atoms with van der Waals surface area (Å²) in [6.45, 7) is 32.9. The zero-order valence-corrected chi connectivity index (χ0v) is 82.3. The van der Waals surface area contributed by atoms with Crippen molar-refractivity contribution in [2.24, 2.45) is 11.8 Å². The summed E-state index contributed by atoms with van der Waals surface area (Å²) in [6, 6.07) is 53.5. The lowest BCUT2D eigenvalue weighted by Gasteiger charge is -2.44. The van der Waals surface area contributed by atoms with Crippen LogP contribution >= 0.6 is 62.3 Å². The van der Waals surface area contributed by atoms with Gasteiger partial charge in [0.2, 0.25) is 0 Å². The molecule has 0 aromatic heterocycles. The number of halogens is 5. The van der Waals surface area contributed by atoms with Gasteiger partial charge < -0.3 is 97.1 Å². The summed E-state index contributed by atoms with van der Waals surface area (Å²) in [5, 5.41) is 82.0. The first-order chi connectivity index (χ1) is 60.7. The number of esters is 3. The van der Waals surface area contributed by atoms with Gasteiger partial charge in [-0.25, -0.2) is 4.79 Å². The number of hydrogen-bond acceptors (Lipinski definition) is 23. The van der Waals surface area contributed by atoms with Crippen molar-refractivity contribution in [1.29, 1.82) is 0 Å². The van der Waals surface area contributed by atoms with Crippen molar-refractivity contribution in [1.82, 2.24) is 0 Å². The number of aliphatic hydroxyl groups is 8. The SMILES string of the molecule is CCOc1ccc(Cc2cc(Br)ccc2Cl)cc1.CCOc1ccc(Cc2cc([C@@H]3O[C@H](CC)[C@@H](C)[C@H](OC(C)=O)[C@H]3OC(C)=O)ccc2Cl)cc1.CCOc1ccc(Cc2cc([C@@H]3O[C@H](CO)[C@@H](O)[C@H](O)[C@H]3O)ccc2Cl)cc1.CCOc1ccc(Cc2cc([C@@H]3O[C@H](CO)[C@@H](O)[C@H](O)[C@H]3O)ccc2Cl)cc1.CC[C@H]1OC(=O)[C@H](O[Si](C)(C)C)[C@@H](O[Si](C)(C)C)[C@@H]1C. The van der Waals surface area contributed by atoms with Gasteiger partial charge >= 0.3 is 17.9 Å². The Hall–Kier alpha value is -7.08. The van der Waals surface area contributed by atoms with E-state index in [0.29, 0.717) is 71.9 Å². The van der Waals surface area contributed by atoms with Crippen LogP contribution in [0.15, 0.2) is 174 Å². The van der Waals surface area contributed by atoms with Crippen LogP contribution < -0.4 is 18.9 Å². The topological polar surface area (TPSA) is 324 Å². The smallest absolute Gasteiger partial charge is 0.337 e. The Morgan fingerprint density at radius 2 is 0.688 bits per heavy atom. The lowest BCUT2D eigenvalue weighted by Crippen LogP contribution is -2.58. The minimum Gasteiger partial charge on any atom is -0.494 e. The summed E-state index contributed by atoms with van der Waals surface area (Å²) in [5.74, 6) is 2.23. The van der Waals surface area contributed by atoms with E-state index in [2.05, 4.69) is 80.3 Å². The second kappa shape index (κ2) is 50.7. The normalized spacial score (nSPS) is 25.0. The maximum Gasteiger partial charge on any atom is 0.337 e. The summed E-state index contributed by atoms with van der Waals surface area (Å²) < 4.78 is 69.8. The zero-order valence-electron chi connectivity index (χ0n) is 75.7. The monoisotopic (exact) mass is 1950 g/mol. The summed E-state index contributed by atoms with van der Waals surface area (Å²) in [7, 11) is -3.58. The third-order valence-corrected chi connectivity index (χ3v) is 25.7. The Kier molecular flexibility index (Phi) is 42.1. The minimum atomic E-state index is -1.83. The standard InChI is InChI=1S/C27H33ClO6.2C21H25ClO6.C15H14BrClO.C14H30O4Si2/c1-6-24-16(3)25(32-17(4)29)27(33-18(5)30)26(34-24)20-10-13-23(28)21(15-20)14-19-8-11-22(12-9-19)31-7-2;2*1-2-27-15-6-3-12(4-7-15)9-14-10-13(5-8-16(14)22)21-20(26)19(25)18(24)17(11-23)28-21;1-2-18-14-6-3-11(4-7-14)9-12-10-13(16)5-8-15(12)17;1-9-11-10(2)12(17-19(3,4)5)13(14(15)16-11)18-20(6,7)8/h8-13,15-16,24-27H,6-7,14H2,1-5H3;2*3-8,10,17-21,23-26H,2,9,11H2,1H3;3-8,10H,2,9H2,1H3;10-13H,9H2,1-8H3/t16-,24-,25+,26+,27-;2*17-,18-,19+,20-,21+;;10-,11-,12+,13-/m111.1/s1. The van der Waals surface area contributed by atoms with E-state index in [1.165, 1.54) is 19.4 Å². The van der Waals surface area contributed by atoms with E-state index in [0.717, 1.165) is 96.3 Å². The van der Waals surface area contributed by atoms with Crippen molar-refractivity contribution >= 4 is 96.9 Å². The molecule has 30 heteroatoms. The van der Waals surface area contributed by atoms with Gasteiger partial charge in [0.05, 0.1) is 51.8 Å². The number of hydrogen-bond donors (Lipinski definition) is 8. The van der Waals surface area contributed by atoms with E-state index in [1.54, 1.807) is 24.3 Å². The van der Waals surface area contributed by atoms with E-state index in [9.17, 15) is 55.2 Å². The maximum atomic E-state index is 12.3. The van der Waals surface area contributed by atoms with Gasteiger partial charge in [-0.3, -0.25) is 9.59 Å². The second-order valence-electron chi connectivity index (χ2n) is 33.9. The molecule has 0 radical (unpaired) electrons. The predicted octanol–water partition coefficient (Wildman–Crippen LogP) is 17.9. The number of carbonyl (C=O) groups excluding carboxylic acids is 3. The molecule has 0 bridgehead atoms. The molecule has 8 aromatic carbocycles. The van der Waals surface area contributed by atoms with Crippen molar-refractivity contribution in [3.05, 3.63) is 256 Å². The van der Waals surface area contributed by atoms with Crippen LogP contribution in [0.2, 0.25) is 59.4 Å². The fourth-order valence-corrected chi connectivity index (χ4v) is 18.8. The van der Waals surface area contributed by atoms with Gasteiger partial charge in [-0.2, -0.15) is 0 Å². The van der Waals surface area contributed by atoms with Gasteiger partial charge in [-0.05, 0) is 252 Å². The number of cyclic esters (lactones) is 1. The Morgan fingerprint density at radius 3 is 1.00 bits per heavy atom. The van der Waals surface area contributed by atoms with Gasteiger partial charge in [0.15, 0.2) is 28.8 Å². The van der Waals surface area contributed by atoms with Gasteiger partial charge in [-0.1, -0.05) is 175 Å². The van der Waals surface area contributed by atoms with Crippen molar-refractivity contribution in [3.8, 4) is 23.0 Å². The van der Waals surface area contributed by atoms with Crippen molar-refractivity contribution in [2.45, 2.75) is 251 Å².